The van der Waals surface area contributed by atoms with Crippen LogP contribution in [0.25, 0.3) is 0 Å². The van der Waals surface area contributed by atoms with Crippen LogP contribution < -0.4 is 5.32 Å². The van der Waals surface area contributed by atoms with Crippen molar-refractivity contribution < 1.29 is 0 Å². The summed E-state index contributed by atoms with van der Waals surface area (Å²) >= 11 is 7.32. The van der Waals surface area contributed by atoms with Gasteiger partial charge in [-0.1, -0.05) is 37.6 Å². The molecule has 1 aromatic heterocycles. The zero-order chi connectivity index (χ0) is 12.3. The molecule has 1 heterocycles. The second-order valence-electron chi connectivity index (χ2n) is 4.10. The van der Waals surface area contributed by atoms with Crippen molar-refractivity contribution in [2.24, 2.45) is 0 Å². The normalized spacial score (nSPS) is 10.8. The third kappa shape index (κ3) is 3.41. The molecule has 0 radical (unpaired) electrons. The Bertz CT molecular complexity index is 496. The molecule has 0 unspecified atom stereocenters. The summed E-state index contributed by atoms with van der Waals surface area (Å²) in [7, 11) is 0. The largest absolute Gasteiger partial charge is 0.356 e. The molecule has 5 heteroatoms. The predicted molar refractivity (Wildman–Crippen MR) is 72.8 cm³/mol. The Labute approximate surface area is 110 Å². The first-order valence-corrected chi connectivity index (χ1v) is 6.62. The van der Waals surface area contributed by atoms with Crippen molar-refractivity contribution in [2.75, 3.05) is 5.32 Å². The number of benzene rings is 1. The van der Waals surface area contributed by atoms with Crippen LogP contribution in [-0.2, 0) is 6.54 Å². The minimum Gasteiger partial charge on any atom is -0.356 e. The molecule has 0 aliphatic rings. The SMILES string of the molecule is CC(C)c1nsc(NCc2cccc(Cl)c2)n1. The minimum atomic E-state index is 0.368. The van der Waals surface area contributed by atoms with E-state index in [1.54, 1.807) is 0 Å². The molecular formula is C12H14ClN3S. The van der Waals surface area contributed by atoms with Gasteiger partial charge in [0.05, 0.1) is 0 Å². The summed E-state index contributed by atoms with van der Waals surface area (Å²) in [4.78, 5) is 4.41. The summed E-state index contributed by atoms with van der Waals surface area (Å²) in [5.41, 5.74) is 1.14. The van der Waals surface area contributed by atoms with Gasteiger partial charge in [0.15, 0.2) is 0 Å². The number of rotatable bonds is 4. The fraction of sp³-hybridized carbons (Fsp3) is 0.333. The van der Waals surface area contributed by atoms with E-state index >= 15 is 0 Å². The first kappa shape index (κ1) is 12.3. The van der Waals surface area contributed by atoms with Crippen molar-refractivity contribution >= 4 is 28.3 Å². The maximum absolute atomic E-state index is 5.92. The molecule has 0 fully saturated rings. The summed E-state index contributed by atoms with van der Waals surface area (Å²) in [6, 6.07) is 7.79. The van der Waals surface area contributed by atoms with E-state index < -0.39 is 0 Å². The zero-order valence-corrected chi connectivity index (χ0v) is 11.3. The Kier molecular flexibility index (Phi) is 3.97. The first-order chi connectivity index (χ1) is 8.15. The molecule has 2 rings (SSSR count). The van der Waals surface area contributed by atoms with Crippen molar-refractivity contribution in [3.8, 4) is 0 Å². The molecule has 0 aliphatic heterocycles. The molecule has 1 aromatic carbocycles. The monoisotopic (exact) mass is 267 g/mol. The van der Waals surface area contributed by atoms with Gasteiger partial charge < -0.3 is 5.32 Å². The van der Waals surface area contributed by atoms with Gasteiger partial charge in [-0.15, -0.1) is 0 Å². The number of hydrogen-bond acceptors (Lipinski definition) is 4. The molecule has 0 spiro atoms. The maximum atomic E-state index is 5.92. The van der Waals surface area contributed by atoms with Gasteiger partial charge in [0.2, 0.25) is 5.13 Å². The average molecular weight is 268 g/mol. The van der Waals surface area contributed by atoms with Crippen LogP contribution >= 0.6 is 23.1 Å². The summed E-state index contributed by atoms with van der Waals surface area (Å²) in [5.74, 6) is 1.26. The fourth-order valence-corrected chi connectivity index (χ4v) is 2.28. The second-order valence-corrected chi connectivity index (χ2v) is 5.28. The molecule has 0 atom stereocenters. The first-order valence-electron chi connectivity index (χ1n) is 5.47. The van der Waals surface area contributed by atoms with E-state index in [-0.39, 0.29) is 0 Å². The van der Waals surface area contributed by atoms with Crippen LogP contribution in [0.2, 0.25) is 5.02 Å². The van der Waals surface area contributed by atoms with Crippen LogP contribution in [0, 0.1) is 0 Å². The van der Waals surface area contributed by atoms with E-state index in [1.807, 2.05) is 24.3 Å². The number of hydrogen-bond donors (Lipinski definition) is 1. The second kappa shape index (κ2) is 5.47. The quantitative estimate of drug-likeness (QED) is 0.912. The van der Waals surface area contributed by atoms with E-state index in [0.717, 1.165) is 21.5 Å². The highest BCUT2D eigenvalue weighted by atomic mass is 35.5. The van der Waals surface area contributed by atoms with Crippen molar-refractivity contribution in [3.63, 3.8) is 0 Å². The van der Waals surface area contributed by atoms with Crippen LogP contribution in [0.4, 0.5) is 5.13 Å². The lowest BCUT2D eigenvalue weighted by Gasteiger charge is -2.02. The molecule has 3 nitrogen and oxygen atoms in total. The highest BCUT2D eigenvalue weighted by molar-refractivity contribution is 7.09. The summed E-state index contributed by atoms with van der Waals surface area (Å²) in [6.07, 6.45) is 0. The summed E-state index contributed by atoms with van der Waals surface area (Å²) in [5, 5.41) is 4.86. The molecule has 0 bridgehead atoms. The maximum Gasteiger partial charge on any atom is 0.202 e. The van der Waals surface area contributed by atoms with Crippen molar-refractivity contribution in [2.45, 2.75) is 26.3 Å². The van der Waals surface area contributed by atoms with E-state index in [9.17, 15) is 0 Å². The molecule has 0 amide bonds. The lowest BCUT2D eigenvalue weighted by atomic mass is 10.2. The van der Waals surface area contributed by atoms with Gasteiger partial charge in [0.1, 0.15) is 5.82 Å². The van der Waals surface area contributed by atoms with Gasteiger partial charge in [-0.05, 0) is 17.7 Å². The highest BCUT2D eigenvalue weighted by Gasteiger charge is 2.06. The standard InChI is InChI=1S/C12H14ClN3S/c1-8(2)11-15-12(17-16-11)14-7-9-4-3-5-10(13)6-9/h3-6,8H,7H2,1-2H3,(H,14,15,16). The number of nitrogens with one attached hydrogen (secondary N) is 1. The Morgan fingerprint density at radius 3 is 2.88 bits per heavy atom. The number of halogens is 1. The van der Waals surface area contributed by atoms with Crippen LogP contribution in [-0.4, -0.2) is 9.36 Å². The van der Waals surface area contributed by atoms with Gasteiger partial charge >= 0.3 is 0 Å². The van der Waals surface area contributed by atoms with Crippen LogP contribution in [0.5, 0.6) is 0 Å². The topological polar surface area (TPSA) is 37.8 Å². The number of aromatic nitrogens is 2. The summed E-state index contributed by atoms with van der Waals surface area (Å²) in [6.45, 7) is 4.89. The van der Waals surface area contributed by atoms with Gasteiger partial charge in [-0.25, -0.2) is 4.98 Å². The van der Waals surface area contributed by atoms with E-state index in [2.05, 4.69) is 28.5 Å². The Morgan fingerprint density at radius 2 is 2.24 bits per heavy atom. The predicted octanol–water partition coefficient (Wildman–Crippen LogP) is 3.93. The third-order valence-corrected chi connectivity index (χ3v) is 3.21. The molecule has 2 aromatic rings. The Morgan fingerprint density at radius 1 is 1.41 bits per heavy atom. The summed E-state index contributed by atoms with van der Waals surface area (Å²) < 4.78 is 4.29. The lowest BCUT2D eigenvalue weighted by Crippen LogP contribution is -1.99. The Balaban J connectivity index is 1.97. The van der Waals surface area contributed by atoms with E-state index in [0.29, 0.717) is 12.5 Å². The van der Waals surface area contributed by atoms with Gasteiger partial charge in [0.25, 0.3) is 0 Å². The molecule has 0 aliphatic carbocycles. The third-order valence-electron chi connectivity index (χ3n) is 2.29. The Hall–Kier alpha value is -1.13. The molecule has 90 valence electrons. The van der Waals surface area contributed by atoms with Crippen molar-refractivity contribution in [1.82, 2.24) is 9.36 Å². The minimum absolute atomic E-state index is 0.368. The van der Waals surface area contributed by atoms with Crippen LogP contribution in [0.3, 0.4) is 0 Å². The van der Waals surface area contributed by atoms with Crippen molar-refractivity contribution in [1.29, 1.82) is 0 Å². The molecule has 0 saturated carbocycles. The van der Waals surface area contributed by atoms with Gasteiger partial charge in [-0.3, -0.25) is 0 Å². The van der Waals surface area contributed by atoms with Gasteiger partial charge in [-0.2, -0.15) is 4.37 Å². The number of nitrogens with zero attached hydrogens (tertiary/aromatic N) is 2. The molecule has 0 saturated heterocycles. The van der Waals surface area contributed by atoms with Gasteiger partial charge in [0, 0.05) is 29.0 Å². The van der Waals surface area contributed by atoms with Crippen LogP contribution in [0.15, 0.2) is 24.3 Å². The van der Waals surface area contributed by atoms with E-state index in [4.69, 9.17) is 11.6 Å². The van der Waals surface area contributed by atoms with E-state index in [1.165, 1.54) is 11.5 Å². The lowest BCUT2D eigenvalue weighted by molar-refractivity contribution is 0.799. The zero-order valence-electron chi connectivity index (χ0n) is 9.77. The number of anilines is 1. The van der Waals surface area contributed by atoms with Crippen LogP contribution in [0.1, 0.15) is 31.2 Å². The molecule has 17 heavy (non-hydrogen) atoms. The smallest absolute Gasteiger partial charge is 0.202 e. The molecular weight excluding hydrogens is 254 g/mol. The van der Waals surface area contributed by atoms with Crippen molar-refractivity contribution in [3.05, 3.63) is 40.7 Å². The highest BCUT2D eigenvalue weighted by Crippen LogP contribution is 2.18. The fourth-order valence-electron chi connectivity index (χ4n) is 1.37. The average Bonchev–Trinajstić information content (AvgIpc) is 2.75. The molecule has 1 N–H and O–H groups in total.